The van der Waals surface area contributed by atoms with Crippen LogP contribution < -0.4 is 14.2 Å². The van der Waals surface area contributed by atoms with Crippen LogP contribution in [0.4, 0.5) is 0 Å². The van der Waals surface area contributed by atoms with E-state index >= 15 is 0 Å². The minimum absolute atomic E-state index is 0.246. The third-order valence-corrected chi connectivity index (χ3v) is 3.45. The van der Waals surface area contributed by atoms with Gasteiger partial charge in [-0.05, 0) is 36.4 Å². The van der Waals surface area contributed by atoms with E-state index < -0.39 is 11.9 Å². The molecule has 0 aromatic heterocycles. The second kappa shape index (κ2) is 9.31. The first-order valence-corrected chi connectivity index (χ1v) is 7.79. The number of carbonyl (C=O) groups excluding carboxylic acids is 2. The molecule has 26 heavy (non-hydrogen) atoms. The predicted molar refractivity (Wildman–Crippen MR) is 93.1 cm³/mol. The van der Waals surface area contributed by atoms with E-state index in [0.717, 1.165) is 0 Å². The van der Waals surface area contributed by atoms with Crippen LogP contribution >= 0.6 is 0 Å². The Morgan fingerprint density at radius 2 is 1.42 bits per heavy atom. The molecule has 0 aliphatic heterocycles. The summed E-state index contributed by atoms with van der Waals surface area (Å²) in [6, 6.07) is 11.4. The van der Waals surface area contributed by atoms with Gasteiger partial charge in [-0.15, -0.1) is 0 Å². The van der Waals surface area contributed by atoms with Crippen molar-refractivity contribution in [3.63, 3.8) is 0 Å². The zero-order valence-electron chi connectivity index (χ0n) is 14.8. The summed E-state index contributed by atoms with van der Waals surface area (Å²) in [5.41, 5.74) is 0.776. The highest BCUT2D eigenvalue weighted by atomic mass is 16.5. The summed E-state index contributed by atoms with van der Waals surface area (Å²) in [6.07, 6.45) is 0. The lowest BCUT2D eigenvalue weighted by Gasteiger charge is -2.12. The van der Waals surface area contributed by atoms with Crippen LogP contribution in [0.3, 0.4) is 0 Å². The first kappa shape index (κ1) is 19.1. The van der Waals surface area contributed by atoms with Crippen LogP contribution in [0, 0.1) is 0 Å². The smallest absolute Gasteiger partial charge is 0.337 e. The van der Waals surface area contributed by atoms with Crippen molar-refractivity contribution in [2.45, 2.75) is 0 Å². The summed E-state index contributed by atoms with van der Waals surface area (Å²) in [5.74, 6) is 0.544. The molecule has 7 heteroatoms. The van der Waals surface area contributed by atoms with Crippen LogP contribution in [-0.2, 0) is 9.47 Å². The number of benzene rings is 2. The van der Waals surface area contributed by atoms with Gasteiger partial charge >= 0.3 is 11.9 Å². The number of hydrogen-bond donors (Lipinski definition) is 0. The van der Waals surface area contributed by atoms with Crippen molar-refractivity contribution in [3.8, 4) is 17.2 Å². The molecule has 0 radical (unpaired) electrons. The van der Waals surface area contributed by atoms with Gasteiger partial charge in [0.15, 0.2) is 11.5 Å². The van der Waals surface area contributed by atoms with Crippen molar-refractivity contribution in [1.29, 1.82) is 0 Å². The van der Waals surface area contributed by atoms with E-state index in [1.807, 2.05) is 0 Å². The molecule has 0 aliphatic rings. The van der Waals surface area contributed by atoms with E-state index in [2.05, 4.69) is 9.47 Å². The number of esters is 2. The van der Waals surface area contributed by atoms with Gasteiger partial charge in [0.2, 0.25) is 0 Å². The number of carbonyl (C=O) groups is 2. The standard InChI is InChI=1S/C19H20O7/c1-22-17-12-14(19(21)24-3)7-8-16(17)26-10-9-25-15-6-4-5-13(11-15)18(20)23-2/h4-8,11-12H,9-10H2,1-3H3. The lowest BCUT2D eigenvalue weighted by Crippen LogP contribution is -2.10. The molecule has 0 spiro atoms. The molecule has 2 rings (SSSR count). The fraction of sp³-hybridized carbons (Fsp3) is 0.263. The summed E-state index contributed by atoms with van der Waals surface area (Å²) < 4.78 is 25.8. The van der Waals surface area contributed by atoms with E-state index in [1.54, 1.807) is 42.5 Å². The van der Waals surface area contributed by atoms with Crippen LogP contribution in [0.1, 0.15) is 20.7 Å². The molecular weight excluding hydrogens is 340 g/mol. The van der Waals surface area contributed by atoms with Crippen LogP contribution in [0.25, 0.3) is 0 Å². The molecule has 0 fully saturated rings. The molecule has 2 aromatic carbocycles. The normalized spacial score (nSPS) is 9.96. The number of rotatable bonds is 8. The fourth-order valence-electron chi connectivity index (χ4n) is 2.17. The molecule has 2 aromatic rings. The molecule has 0 heterocycles. The lowest BCUT2D eigenvalue weighted by atomic mass is 10.2. The van der Waals surface area contributed by atoms with Crippen molar-refractivity contribution in [2.24, 2.45) is 0 Å². The maximum absolute atomic E-state index is 11.5. The number of methoxy groups -OCH3 is 3. The molecule has 0 aliphatic carbocycles. The molecule has 138 valence electrons. The average Bonchev–Trinajstić information content (AvgIpc) is 2.70. The van der Waals surface area contributed by atoms with E-state index in [4.69, 9.17) is 14.2 Å². The highest BCUT2D eigenvalue weighted by molar-refractivity contribution is 5.90. The molecule has 0 saturated carbocycles. The molecule has 0 saturated heterocycles. The Kier molecular flexibility index (Phi) is 6.84. The Morgan fingerprint density at radius 3 is 2.08 bits per heavy atom. The van der Waals surface area contributed by atoms with Gasteiger partial charge in [-0.25, -0.2) is 9.59 Å². The maximum atomic E-state index is 11.5. The Labute approximate surface area is 151 Å². The third kappa shape index (κ3) is 4.89. The van der Waals surface area contributed by atoms with Gasteiger partial charge in [-0.2, -0.15) is 0 Å². The van der Waals surface area contributed by atoms with Crippen molar-refractivity contribution in [2.75, 3.05) is 34.5 Å². The van der Waals surface area contributed by atoms with E-state index in [1.165, 1.54) is 21.3 Å². The highest BCUT2D eigenvalue weighted by Crippen LogP contribution is 2.28. The minimum atomic E-state index is -0.455. The zero-order valence-corrected chi connectivity index (χ0v) is 14.8. The van der Waals surface area contributed by atoms with Crippen molar-refractivity contribution >= 4 is 11.9 Å². The van der Waals surface area contributed by atoms with Gasteiger partial charge in [0.1, 0.15) is 19.0 Å². The Hall–Kier alpha value is -3.22. The molecule has 0 N–H and O–H groups in total. The van der Waals surface area contributed by atoms with Crippen molar-refractivity contribution < 1.29 is 33.3 Å². The van der Waals surface area contributed by atoms with Gasteiger partial charge in [-0.1, -0.05) is 6.07 Å². The van der Waals surface area contributed by atoms with Gasteiger partial charge in [0, 0.05) is 0 Å². The van der Waals surface area contributed by atoms with Crippen LogP contribution in [-0.4, -0.2) is 46.5 Å². The number of ether oxygens (including phenoxy) is 5. The lowest BCUT2D eigenvalue weighted by molar-refractivity contribution is 0.0591. The summed E-state index contributed by atoms with van der Waals surface area (Å²) in [5, 5.41) is 0. The summed E-state index contributed by atoms with van der Waals surface area (Å²) >= 11 is 0. The summed E-state index contributed by atoms with van der Waals surface area (Å²) in [7, 11) is 4.12. The Balaban J connectivity index is 1.92. The monoisotopic (exact) mass is 360 g/mol. The van der Waals surface area contributed by atoms with Gasteiger partial charge in [-0.3, -0.25) is 0 Å². The second-order valence-corrected chi connectivity index (χ2v) is 5.07. The Bertz CT molecular complexity index is 770. The summed E-state index contributed by atoms with van der Waals surface area (Å²) in [6.45, 7) is 0.503. The first-order chi connectivity index (χ1) is 12.6. The van der Waals surface area contributed by atoms with Crippen molar-refractivity contribution in [1.82, 2.24) is 0 Å². The Morgan fingerprint density at radius 1 is 0.769 bits per heavy atom. The predicted octanol–water partition coefficient (Wildman–Crippen LogP) is 2.73. The van der Waals surface area contributed by atoms with E-state index in [-0.39, 0.29) is 13.2 Å². The van der Waals surface area contributed by atoms with Gasteiger partial charge in [0.05, 0.1) is 32.5 Å². The van der Waals surface area contributed by atoms with Gasteiger partial charge < -0.3 is 23.7 Å². The topological polar surface area (TPSA) is 80.3 Å². The summed E-state index contributed by atoms with van der Waals surface area (Å²) in [4.78, 5) is 23.0. The van der Waals surface area contributed by atoms with Gasteiger partial charge in [0.25, 0.3) is 0 Å². The fourth-order valence-corrected chi connectivity index (χ4v) is 2.17. The molecule has 0 bridgehead atoms. The van der Waals surface area contributed by atoms with E-state index in [9.17, 15) is 9.59 Å². The first-order valence-electron chi connectivity index (χ1n) is 7.79. The largest absolute Gasteiger partial charge is 0.493 e. The van der Waals surface area contributed by atoms with Crippen LogP contribution in [0.2, 0.25) is 0 Å². The maximum Gasteiger partial charge on any atom is 0.337 e. The quantitative estimate of drug-likeness (QED) is 0.529. The van der Waals surface area contributed by atoms with Crippen molar-refractivity contribution in [3.05, 3.63) is 53.6 Å². The SMILES string of the molecule is COC(=O)c1cccc(OCCOc2ccc(C(=O)OC)cc2OC)c1. The van der Waals surface area contributed by atoms with Crippen LogP contribution in [0.5, 0.6) is 17.2 Å². The van der Waals surface area contributed by atoms with Crippen LogP contribution in [0.15, 0.2) is 42.5 Å². The average molecular weight is 360 g/mol. The molecule has 0 atom stereocenters. The van der Waals surface area contributed by atoms with E-state index in [0.29, 0.717) is 28.4 Å². The molecule has 0 amide bonds. The zero-order chi connectivity index (χ0) is 18.9. The molecular formula is C19H20O7. The molecule has 7 nitrogen and oxygen atoms in total. The highest BCUT2D eigenvalue weighted by Gasteiger charge is 2.11. The second-order valence-electron chi connectivity index (χ2n) is 5.07. The molecule has 0 unspecified atom stereocenters. The number of hydrogen-bond acceptors (Lipinski definition) is 7. The third-order valence-electron chi connectivity index (χ3n) is 3.45. The minimum Gasteiger partial charge on any atom is -0.493 e.